The second-order valence-electron chi connectivity index (χ2n) is 22.3. The first-order chi connectivity index (χ1) is 40.6. The molecule has 0 heterocycles. The molecule has 0 N–H and O–H groups in total. The van der Waals surface area contributed by atoms with Crippen molar-refractivity contribution in [1.82, 2.24) is 0 Å². The molecule has 0 aromatic heterocycles. The van der Waals surface area contributed by atoms with Crippen LogP contribution in [0, 0.1) is 83.1 Å². The van der Waals surface area contributed by atoms with E-state index >= 15 is 0 Å². The number of benzene rings is 12. The summed E-state index contributed by atoms with van der Waals surface area (Å²) in [7, 11) is 0. The van der Waals surface area contributed by atoms with Crippen LogP contribution in [0.2, 0.25) is 0 Å². The van der Waals surface area contributed by atoms with Gasteiger partial charge in [0.1, 0.15) is 0 Å². The molecule has 0 saturated carbocycles. The lowest BCUT2D eigenvalue weighted by atomic mass is 9.99. The van der Waals surface area contributed by atoms with Crippen LogP contribution in [0.3, 0.4) is 0 Å². The average molecular weight is 1090 g/mol. The van der Waals surface area contributed by atoms with Gasteiger partial charge in [-0.15, -0.1) is 0 Å². The van der Waals surface area contributed by atoms with E-state index in [0.29, 0.717) is 0 Å². The van der Waals surface area contributed by atoms with Gasteiger partial charge in [-0.25, -0.2) is 0 Å². The minimum atomic E-state index is 1.29. The maximum absolute atomic E-state index is 2.22. The first-order valence-corrected chi connectivity index (χ1v) is 29.4. The van der Waals surface area contributed by atoms with E-state index in [2.05, 4.69) is 374 Å². The van der Waals surface area contributed by atoms with Crippen LogP contribution in [0.1, 0.15) is 66.8 Å². The summed E-state index contributed by atoms with van der Waals surface area (Å²) in [5.41, 5.74) is 31.4. The monoisotopic (exact) mass is 1090 g/mol. The van der Waals surface area contributed by atoms with Crippen LogP contribution in [0.15, 0.2) is 291 Å². The Morgan fingerprint density at radius 1 is 0.131 bits per heavy atom. The zero-order chi connectivity index (χ0) is 59.8. The highest BCUT2D eigenvalue weighted by Gasteiger charge is 2.03. The van der Waals surface area contributed by atoms with Gasteiger partial charge in [-0.1, -0.05) is 347 Å². The summed E-state index contributed by atoms with van der Waals surface area (Å²) in [5.74, 6) is 0. The highest BCUT2D eigenvalue weighted by Crippen LogP contribution is 2.27. The molecule has 0 bridgehead atoms. The highest BCUT2D eigenvalue weighted by atomic mass is 14.1. The molecule has 0 aliphatic rings. The summed E-state index contributed by atoms with van der Waals surface area (Å²) in [6.07, 6.45) is 0. The maximum Gasteiger partial charge on any atom is -0.0155 e. The Balaban J connectivity index is 0.000000145. The van der Waals surface area contributed by atoms with Gasteiger partial charge in [0, 0.05) is 0 Å². The van der Waals surface area contributed by atoms with E-state index in [4.69, 9.17) is 0 Å². The Kier molecular flexibility index (Phi) is 23.5. The molecular formula is C84H84. The molecule has 0 saturated heterocycles. The highest BCUT2D eigenvalue weighted by molar-refractivity contribution is 5.70. The van der Waals surface area contributed by atoms with Gasteiger partial charge in [0.2, 0.25) is 0 Å². The van der Waals surface area contributed by atoms with Crippen molar-refractivity contribution >= 4 is 0 Å². The molecule has 0 aliphatic heterocycles. The van der Waals surface area contributed by atoms with Gasteiger partial charge in [-0.05, 0) is 161 Å². The zero-order valence-corrected chi connectivity index (χ0v) is 51.7. The Labute approximate surface area is 504 Å². The van der Waals surface area contributed by atoms with Gasteiger partial charge in [0.05, 0.1) is 0 Å². The summed E-state index contributed by atoms with van der Waals surface area (Å²) >= 11 is 0. The fraction of sp³-hybridized carbons (Fsp3) is 0.143. The normalized spacial score (nSPS) is 10.1. The lowest BCUT2D eigenvalue weighted by Crippen LogP contribution is -1.82. The summed E-state index contributed by atoms with van der Waals surface area (Å²) in [5, 5.41) is 0. The molecule has 12 aromatic rings. The van der Waals surface area contributed by atoms with E-state index in [-0.39, 0.29) is 0 Å². The largest absolute Gasteiger partial charge is 0.0620 e. The van der Waals surface area contributed by atoms with Crippen LogP contribution >= 0.6 is 0 Å². The summed E-state index contributed by atoms with van der Waals surface area (Å²) in [6.45, 7) is 25.5. The van der Waals surface area contributed by atoms with Gasteiger partial charge in [-0.2, -0.15) is 0 Å². The molecule has 0 radical (unpaired) electrons. The second kappa shape index (κ2) is 31.7. The minimum Gasteiger partial charge on any atom is -0.0620 e. The second-order valence-corrected chi connectivity index (χ2v) is 22.3. The predicted octanol–water partition coefficient (Wildman–Crippen LogP) is 23.8. The third kappa shape index (κ3) is 20.0. The lowest BCUT2D eigenvalue weighted by Gasteiger charge is -2.05. The van der Waals surface area contributed by atoms with Crippen molar-refractivity contribution < 1.29 is 0 Å². The van der Waals surface area contributed by atoms with Crippen molar-refractivity contribution in [3.8, 4) is 66.8 Å². The predicted molar refractivity (Wildman–Crippen MR) is 368 cm³/mol. The van der Waals surface area contributed by atoms with E-state index < -0.39 is 0 Å². The van der Waals surface area contributed by atoms with E-state index in [1.807, 2.05) is 0 Å². The van der Waals surface area contributed by atoms with Crippen molar-refractivity contribution in [2.24, 2.45) is 0 Å². The molecule has 0 atom stereocenters. The molecule has 84 heavy (non-hydrogen) atoms. The third-order valence-corrected chi connectivity index (χ3v) is 14.6. The van der Waals surface area contributed by atoms with Crippen molar-refractivity contribution in [3.05, 3.63) is 358 Å². The topological polar surface area (TPSA) is 0 Å². The van der Waals surface area contributed by atoms with Crippen LogP contribution in [0.5, 0.6) is 0 Å². The van der Waals surface area contributed by atoms with Gasteiger partial charge in [-0.3, -0.25) is 0 Å². The number of rotatable bonds is 6. The van der Waals surface area contributed by atoms with Crippen LogP contribution in [-0.4, -0.2) is 0 Å². The van der Waals surface area contributed by atoms with E-state index in [1.165, 1.54) is 134 Å². The van der Waals surface area contributed by atoms with Gasteiger partial charge in [0.15, 0.2) is 0 Å². The molecule has 0 heteroatoms. The molecule has 0 nitrogen and oxygen atoms in total. The SMILES string of the molecule is Cc1ccc(-c2ccc(C)cc2)cc1.Cc1ccc(-c2cccc(C)c2)cc1.Cc1ccc(-c2cccc(C)c2)cc1.Cc1ccc(-c2ccccc2C)cc1.Cc1cccc(-c2cccc(C)c2)c1.Cc1cccc(-c2ccccc2C)c1. The molecule has 0 spiro atoms. The van der Waals surface area contributed by atoms with Gasteiger partial charge in [0.25, 0.3) is 0 Å². The molecule has 0 aliphatic carbocycles. The fourth-order valence-electron chi connectivity index (χ4n) is 9.62. The van der Waals surface area contributed by atoms with Crippen molar-refractivity contribution in [2.45, 2.75) is 83.1 Å². The molecule has 0 amide bonds. The van der Waals surface area contributed by atoms with Crippen molar-refractivity contribution in [2.75, 3.05) is 0 Å². The van der Waals surface area contributed by atoms with E-state index in [1.54, 1.807) is 0 Å². The summed E-state index contributed by atoms with van der Waals surface area (Å²) in [6, 6.07) is 103. The number of hydrogen-bond acceptors (Lipinski definition) is 0. The van der Waals surface area contributed by atoms with Crippen LogP contribution in [-0.2, 0) is 0 Å². The molecule has 420 valence electrons. The first kappa shape index (κ1) is 62.2. The van der Waals surface area contributed by atoms with E-state index in [0.717, 1.165) is 0 Å². The first-order valence-electron chi connectivity index (χ1n) is 29.4. The van der Waals surface area contributed by atoms with Gasteiger partial charge < -0.3 is 0 Å². The zero-order valence-electron chi connectivity index (χ0n) is 51.7. The number of hydrogen-bond donors (Lipinski definition) is 0. The fourth-order valence-corrected chi connectivity index (χ4v) is 9.62. The van der Waals surface area contributed by atoms with Gasteiger partial charge >= 0.3 is 0 Å². The molecule has 0 unspecified atom stereocenters. The Bertz CT molecular complexity index is 3740. The number of aryl methyl sites for hydroxylation is 12. The summed E-state index contributed by atoms with van der Waals surface area (Å²) < 4.78 is 0. The van der Waals surface area contributed by atoms with Crippen LogP contribution in [0.25, 0.3) is 66.8 Å². The molecular weight excluding hydrogens is 1010 g/mol. The molecule has 12 aromatic carbocycles. The quantitative estimate of drug-likeness (QED) is 0.156. The standard InChI is InChI=1S/6C14H14/c1-11-3-7-13(8-4-11)14-9-5-12(2)6-10-14;1-11-5-3-7-13(9-11)14-8-4-6-12(2)10-14;1-11-6-5-8-13(10-11)14-9-4-3-7-12(14)2;2*1-11-6-8-13(9-7-11)14-5-3-4-12(2)10-14;1-11-7-9-13(10-8-11)14-6-4-3-5-12(14)2/h6*3-10H,1-2H3. The summed E-state index contributed by atoms with van der Waals surface area (Å²) in [4.78, 5) is 0. The van der Waals surface area contributed by atoms with Crippen LogP contribution < -0.4 is 0 Å². The molecule has 0 fully saturated rings. The Morgan fingerprint density at radius 2 is 0.333 bits per heavy atom. The maximum atomic E-state index is 2.22. The minimum absolute atomic E-state index is 1.29. The average Bonchev–Trinajstić information content (AvgIpc) is 3.66. The van der Waals surface area contributed by atoms with Crippen molar-refractivity contribution in [1.29, 1.82) is 0 Å². The lowest BCUT2D eigenvalue weighted by molar-refractivity contribution is 1.43. The van der Waals surface area contributed by atoms with Crippen molar-refractivity contribution in [3.63, 3.8) is 0 Å². The third-order valence-electron chi connectivity index (χ3n) is 14.6. The Hall–Kier alpha value is -9.36. The molecule has 12 rings (SSSR count). The van der Waals surface area contributed by atoms with Crippen LogP contribution in [0.4, 0.5) is 0 Å². The Morgan fingerprint density at radius 3 is 0.595 bits per heavy atom. The smallest absolute Gasteiger partial charge is 0.0155 e. The van der Waals surface area contributed by atoms with E-state index in [9.17, 15) is 0 Å².